The van der Waals surface area contributed by atoms with Crippen LogP contribution in [0.2, 0.25) is 10.0 Å². The lowest BCUT2D eigenvalue weighted by Crippen LogP contribution is -2.64. The molecule has 1 aromatic rings. The van der Waals surface area contributed by atoms with Crippen molar-refractivity contribution in [2.24, 2.45) is 5.92 Å². The molecule has 1 heterocycles. The fraction of sp³-hybridized carbons (Fsp3) is 0.400. The fourth-order valence-corrected chi connectivity index (χ4v) is 3.02. The van der Waals surface area contributed by atoms with E-state index in [1.54, 1.807) is 29.2 Å². The summed E-state index contributed by atoms with van der Waals surface area (Å²) in [6.45, 7) is 0.879. The van der Waals surface area contributed by atoms with Crippen molar-refractivity contribution in [2.75, 3.05) is 13.1 Å². The number of hydrogen-bond acceptors (Lipinski definition) is 2. The van der Waals surface area contributed by atoms with Gasteiger partial charge in [-0.05, 0) is 42.5 Å². The predicted molar refractivity (Wildman–Crippen MR) is 79.7 cm³/mol. The molecule has 1 saturated heterocycles. The number of amides is 1. The van der Waals surface area contributed by atoms with E-state index in [9.17, 15) is 9.90 Å². The van der Waals surface area contributed by atoms with Crippen LogP contribution < -0.4 is 0 Å². The van der Waals surface area contributed by atoms with Crippen LogP contribution in [0.25, 0.3) is 6.08 Å². The predicted octanol–water partition coefficient (Wildman–Crippen LogP) is 2.99. The van der Waals surface area contributed by atoms with E-state index < -0.39 is 5.60 Å². The van der Waals surface area contributed by atoms with E-state index in [4.69, 9.17) is 23.2 Å². The molecule has 1 aliphatic carbocycles. The summed E-state index contributed by atoms with van der Waals surface area (Å²) in [5.41, 5.74) is 0.115. The molecule has 5 heteroatoms. The maximum atomic E-state index is 12.0. The third-order valence-electron chi connectivity index (χ3n) is 3.95. The zero-order chi connectivity index (χ0) is 14.3. The fourth-order valence-electron chi connectivity index (χ4n) is 2.55. The number of aliphatic hydroxyl groups is 1. The van der Waals surface area contributed by atoms with E-state index in [-0.39, 0.29) is 5.91 Å². The summed E-state index contributed by atoms with van der Waals surface area (Å²) < 4.78 is 0. The Morgan fingerprint density at radius 1 is 1.35 bits per heavy atom. The molecular formula is C15H15Cl2NO2. The molecule has 2 fully saturated rings. The standard InChI is InChI=1S/C15H15Cl2NO2/c16-12-5-1-10(13(17)7-12)2-6-14(19)18-8-15(20,9-18)11-3-4-11/h1-2,5-7,11,20H,3-4,8-9H2. The van der Waals surface area contributed by atoms with Gasteiger partial charge in [-0.15, -0.1) is 0 Å². The van der Waals surface area contributed by atoms with Crippen LogP contribution in [0.4, 0.5) is 0 Å². The molecule has 0 spiro atoms. The third-order valence-corrected chi connectivity index (χ3v) is 4.51. The van der Waals surface area contributed by atoms with Crippen LogP contribution in [0.3, 0.4) is 0 Å². The molecular weight excluding hydrogens is 297 g/mol. The van der Waals surface area contributed by atoms with Crippen molar-refractivity contribution in [3.05, 3.63) is 39.9 Å². The Kier molecular flexibility index (Phi) is 3.53. The molecule has 1 aromatic carbocycles. The van der Waals surface area contributed by atoms with Crippen molar-refractivity contribution in [1.82, 2.24) is 4.90 Å². The van der Waals surface area contributed by atoms with Crippen molar-refractivity contribution in [1.29, 1.82) is 0 Å². The Labute approximate surface area is 127 Å². The van der Waals surface area contributed by atoms with Crippen LogP contribution in [-0.2, 0) is 4.79 Å². The molecule has 0 radical (unpaired) electrons. The summed E-state index contributed by atoms with van der Waals surface area (Å²) in [6.07, 6.45) is 5.32. The highest BCUT2D eigenvalue weighted by Crippen LogP contribution is 2.44. The number of hydrogen-bond donors (Lipinski definition) is 1. The van der Waals surface area contributed by atoms with Crippen molar-refractivity contribution < 1.29 is 9.90 Å². The van der Waals surface area contributed by atoms with Crippen LogP contribution in [-0.4, -0.2) is 34.6 Å². The quantitative estimate of drug-likeness (QED) is 0.872. The van der Waals surface area contributed by atoms with E-state index >= 15 is 0 Å². The first-order valence-electron chi connectivity index (χ1n) is 6.62. The van der Waals surface area contributed by atoms with Gasteiger partial charge < -0.3 is 10.0 Å². The van der Waals surface area contributed by atoms with Gasteiger partial charge in [-0.25, -0.2) is 0 Å². The number of rotatable bonds is 3. The van der Waals surface area contributed by atoms with Crippen molar-refractivity contribution in [2.45, 2.75) is 18.4 Å². The normalized spacial score (nSPS) is 21.1. The average molecular weight is 312 g/mol. The Morgan fingerprint density at radius 3 is 2.65 bits per heavy atom. The Morgan fingerprint density at radius 2 is 2.05 bits per heavy atom. The maximum Gasteiger partial charge on any atom is 0.246 e. The van der Waals surface area contributed by atoms with Crippen LogP contribution in [0.1, 0.15) is 18.4 Å². The van der Waals surface area contributed by atoms with Crippen molar-refractivity contribution in [3.8, 4) is 0 Å². The molecule has 0 aromatic heterocycles. The molecule has 0 bridgehead atoms. The second-order valence-electron chi connectivity index (χ2n) is 5.57. The van der Waals surface area contributed by atoms with E-state index in [0.29, 0.717) is 29.1 Å². The van der Waals surface area contributed by atoms with Gasteiger partial charge in [-0.2, -0.15) is 0 Å². The summed E-state index contributed by atoms with van der Waals surface area (Å²) in [5.74, 6) is 0.294. The summed E-state index contributed by atoms with van der Waals surface area (Å²) in [6, 6.07) is 5.14. The van der Waals surface area contributed by atoms with Gasteiger partial charge in [0.1, 0.15) is 5.60 Å². The zero-order valence-electron chi connectivity index (χ0n) is 10.9. The average Bonchev–Trinajstić information content (AvgIpc) is 3.18. The van der Waals surface area contributed by atoms with E-state index in [1.165, 1.54) is 6.08 Å². The van der Waals surface area contributed by atoms with Gasteiger partial charge in [-0.3, -0.25) is 4.79 Å². The lowest BCUT2D eigenvalue weighted by atomic mass is 9.88. The lowest BCUT2D eigenvalue weighted by molar-refractivity contribution is -0.154. The SMILES string of the molecule is O=C(C=Cc1ccc(Cl)cc1Cl)N1CC(O)(C2CC2)C1. The number of β-amino-alcohol motifs (C(OH)–C–C–N with tert-alkyl or cyclic N) is 1. The molecule has 1 amide bonds. The van der Waals surface area contributed by atoms with Gasteiger partial charge in [-0.1, -0.05) is 29.3 Å². The zero-order valence-corrected chi connectivity index (χ0v) is 12.4. The van der Waals surface area contributed by atoms with Gasteiger partial charge in [0.2, 0.25) is 5.91 Å². The second-order valence-corrected chi connectivity index (χ2v) is 6.41. The molecule has 106 valence electrons. The molecule has 3 rings (SSSR count). The number of carbonyl (C=O) groups excluding carboxylic acids is 1. The molecule has 1 aliphatic heterocycles. The lowest BCUT2D eigenvalue weighted by Gasteiger charge is -2.46. The number of carbonyl (C=O) groups is 1. The van der Waals surface area contributed by atoms with Crippen molar-refractivity contribution >= 4 is 35.2 Å². The van der Waals surface area contributed by atoms with Gasteiger partial charge >= 0.3 is 0 Å². The topological polar surface area (TPSA) is 40.5 Å². The smallest absolute Gasteiger partial charge is 0.246 e. The van der Waals surface area contributed by atoms with E-state index in [0.717, 1.165) is 18.4 Å². The van der Waals surface area contributed by atoms with Crippen LogP contribution in [0.5, 0.6) is 0 Å². The first-order chi connectivity index (χ1) is 9.48. The number of nitrogens with zero attached hydrogens (tertiary/aromatic N) is 1. The minimum Gasteiger partial charge on any atom is -0.386 e. The van der Waals surface area contributed by atoms with E-state index in [2.05, 4.69) is 0 Å². The summed E-state index contributed by atoms with van der Waals surface area (Å²) in [7, 11) is 0. The number of likely N-dealkylation sites (tertiary alicyclic amines) is 1. The first-order valence-corrected chi connectivity index (χ1v) is 7.38. The van der Waals surface area contributed by atoms with Crippen LogP contribution in [0, 0.1) is 5.92 Å². The minimum absolute atomic E-state index is 0.0960. The molecule has 0 unspecified atom stereocenters. The second kappa shape index (κ2) is 5.06. The molecule has 2 aliphatic rings. The molecule has 20 heavy (non-hydrogen) atoms. The summed E-state index contributed by atoms with van der Waals surface area (Å²) >= 11 is 11.9. The maximum absolute atomic E-state index is 12.0. The highest BCUT2D eigenvalue weighted by atomic mass is 35.5. The first kappa shape index (κ1) is 13.9. The van der Waals surface area contributed by atoms with Crippen LogP contribution in [0.15, 0.2) is 24.3 Å². The highest BCUT2D eigenvalue weighted by Gasteiger charge is 2.52. The van der Waals surface area contributed by atoms with Gasteiger partial charge in [0, 0.05) is 16.1 Å². The van der Waals surface area contributed by atoms with E-state index in [1.807, 2.05) is 0 Å². The molecule has 1 N–H and O–H groups in total. The minimum atomic E-state index is -0.637. The summed E-state index contributed by atoms with van der Waals surface area (Å²) in [4.78, 5) is 13.6. The number of halogens is 2. The molecule has 0 atom stereocenters. The van der Waals surface area contributed by atoms with Gasteiger partial charge in [0.25, 0.3) is 0 Å². The Hall–Kier alpha value is -1.03. The monoisotopic (exact) mass is 311 g/mol. The van der Waals surface area contributed by atoms with Gasteiger partial charge in [0.15, 0.2) is 0 Å². The summed E-state index contributed by atoms with van der Waals surface area (Å²) in [5, 5.41) is 11.3. The van der Waals surface area contributed by atoms with Crippen LogP contribution >= 0.6 is 23.2 Å². The third kappa shape index (κ3) is 2.71. The van der Waals surface area contributed by atoms with Gasteiger partial charge in [0.05, 0.1) is 13.1 Å². The Bertz CT molecular complexity index is 575. The highest BCUT2D eigenvalue weighted by molar-refractivity contribution is 6.35. The number of benzene rings is 1. The largest absolute Gasteiger partial charge is 0.386 e. The Balaban J connectivity index is 1.60. The molecule has 3 nitrogen and oxygen atoms in total. The molecule has 1 saturated carbocycles. The van der Waals surface area contributed by atoms with Crippen molar-refractivity contribution in [3.63, 3.8) is 0 Å².